The monoisotopic (exact) mass is 876 g/mol. The van der Waals surface area contributed by atoms with Crippen molar-refractivity contribution in [1.82, 2.24) is 15.1 Å². The molecule has 0 saturated heterocycles. The van der Waals surface area contributed by atoms with Crippen molar-refractivity contribution in [3.8, 4) is 0 Å². The molecule has 0 aromatic heterocycles. The average molecular weight is 878 g/mol. The van der Waals surface area contributed by atoms with Crippen LogP contribution in [0.4, 0.5) is 0 Å². The first-order chi connectivity index (χ1) is 28.7. The maximum absolute atomic E-state index is 12.7. The summed E-state index contributed by atoms with van der Waals surface area (Å²) in [6.07, 6.45) is 2.07. The van der Waals surface area contributed by atoms with Gasteiger partial charge in [-0.05, 0) is 111 Å². The van der Waals surface area contributed by atoms with Crippen molar-refractivity contribution in [3.63, 3.8) is 0 Å². The van der Waals surface area contributed by atoms with Crippen molar-refractivity contribution in [2.45, 2.75) is 77.3 Å². The third-order valence-electron chi connectivity index (χ3n) is 10.7. The number of halogens is 2. The molecule has 4 aromatic carbocycles. The van der Waals surface area contributed by atoms with E-state index in [1.165, 1.54) is 5.56 Å². The lowest BCUT2D eigenvalue weighted by Gasteiger charge is -2.26. The molecule has 0 aliphatic carbocycles. The highest BCUT2D eigenvalue weighted by Gasteiger charge is 2.22. The zero-order chi connectivity index (χ0) is 45.8. The lowest BCUT2D eigenvalue weighted by atomic mass is 9.85. The van der Waals surface area contributed by atoms with Gasteiger partial charge in [0.1, 0.15) is 0 Å². The molecular weight excluding hydrogens is 811 g/mol. The zero-order valence-corrected chi connectivity index (χ0v) is 38.4. The number of carboxylic acids is 1. The van der Waals surface area contributed by atoms with Crippen LogP contribution in [0.1, 0.15) is 95.3 Å². The summed E-state index contributed by atoms with van der Waals surface area (Å²) < 4.78 is 0. The Bertz CT molecular complexity index is 1980. The van der Waals surface area contributed by atoms with Gasteiger partial charge in [-0.1, -0.05) is 124 Å². The third-order valence-corrected chi connectivity index (χ3v) is 11.4. The minimum atomic E-state index is -0.729. The van der Waals surface area contributed by atoms with E-state index in [1.807, 2.05) is 88.9 Å². The van der Waals surface area contributed by atoms with Crippen LogP contribution < -0.4 is 22.5 Å². The molecule has 0 spiro atoms. The van der Waals surface area contributed by atoms with Crippen molar-refractivity contribution in [3.05, 3.63) is 140 Å². The van der Waals surface area contributed by atoms with Crippen LogP contribution in [0.3, 0.4) is 0 Å². The number of rotatable bonds is 19. The largest absolute Gasteiger partial charge is 0.481 e. The van der Waals surface area contributed by atoms with Crippen LogP contribution in [0.5, 0.6) is 0 Å². The Morgan fingerprint density at radius 3 is 1.34 bits per heavy atom. The lowest BCUT2D eigenvalue weighted by Crippen LogP contribution is -2.42. The van der Waals surface area contributed by atoms with Gasteiger partial charge in [0.05, 0.1) is 6.42 Å². The number of nitrogens with zero attached hydrogens (tertiary/aromatic N) is 2. The van der Waals surface area contributed by atoms with E-state index in [1.54, 1.807) is 24.3 Å². The van der Waals surface area contributed by atoms with Crippen molar-refractivity contribution in [1.29, 1.82) is 0 Å². The SMILES string of the molecule is CC(C)[C@@H](CC(=O)NC[C@H](Cc1ccc(C(N)=O)cc1Cl)N(C)C)c1ccccc1.CC(C)[C@@H](CC(=O)O)c1ccccc1.CN(C)[C@H](CN)Cc1ccc(C(N)=O)cc1Cl. The second-order valence-corrected chi connectivity index (χ2v) is 17.2. The molecule has 0 aliphatic heterocycles. The lowest BCUT2D eigenvalue weighted by molar-refractivity contribution is -0.137. The molecule has 4 rings (SSSR count). The molecule has 61 heavy (non-hydrogen) atoms. The number of hydrogen-bond acceptors (Lipinski definition) is 7. The second-order valence-electron chi connectivity index (χ2n) is 16.3. The van der Waals surface area contributed by atoms with E-state index < -0.39 is 17.8 Å². The number of primary amides is 2. The molecule has 13 heteroatoms. The number of benzene rings is 4. The summed E-state index contributed by atoms with van der Waals surface area (Å²) in [5.74, 6) is -0.640. The van der Waals surface area contributed by atoms with E-state index in [-0.39, 0.29) is 36.2 Å². The van der Waals surface area contributed by atoms with Crippen LogP contribution in [-0.2, 0) is 22.4 Å². The fourth-order valence-electron chi connectivity index (χ4n) is 6.72. The van der Waals surface area contributed by atoms with Crippen LogP contribution in [0.25, 0.3) is 0 Å². The number of amides is 3. The Morgan fingerprint density at radius 1 is 0.623 bits per heavy atom. The van der Waals surface area contributed by atoms with E-state index in [0.29, 0.717) is 58.9 Å². The van der Waals surface area contributed by atoms with Gasteiger partial charge in [-0.2, -0.15) is 0 Å². The summed E-state index contributed by atoms with van der Waals surface area (Å²) in [6.45, 7) is 9.47. The summed E-state index contributed by atoms with van der Waals surface area (Å²) in [5.41, 5.74) is 21.2. The molecule has 0 radical (unpaired) electrons. The van der Waals surface area contributed by atoms with Crippen LogP contribution >= 0.6 is 23.2 Å². The van der Waals surface area contributed by atoms with Gasteiger partial charge >= 0.3 is 5.97 Å². The Labute approximate surface area is 373 Å². The van der Waals surface area contributed by atoms with Crippen molar-refractivity contribution < 1.29 is 24.3 Å². The summed E-state index contributed by atoms with van der Waals surface area (Å²) in [6, 6.07) is 30.5. The van der Waals surface area contributed by atoms with Gasteiger partial charge < -0.3 is 37.4 Å². The van der Waals surface area contributed by atoms with Gasteiger partial charge in [0, 0.05) is 52.8 Å². The molecule has 0 aliphatic rings. The molecule has 0 fully saturated rings. The molecule has 3 amide bonds. The summed E-state index contributed by atoms with van der Waals surface area (Å²) in [7, 11) is 7.90. The average Bonchev–Trinajstić information content (AvgIpc) is 3.21. The maximum Gasteiger partial charge on any atom is 0.303 e. The van der Waals surface area contributed by atoms with Gasteiger partial charge in [-0.25, -0.2) is 0 Å². The normalized spacial score (nSPS) is 13.0. The quantitative estimate of drug-likeness (QED) is 0.0637. The first kappa shape index (κ1) is 52.4. The molecule has 0 bridgehead atoms. The van der Waals surface area contributed by atoms with Gasteiger partial charge in [0.15, 0.2) is 0 Å². The highest BCUT2D eigenvalue weighted by atomic mass is 35.5. The van der Waals surface area contributed by atoms with E-state index >= 15 is 0 Å². The first-order valence-corrected chi connectivity index (χ1v) is 21.3. The first-order valence-electron chi connectivity index (χ1n) is 20.5. The number of nitrogens with one attached hydrogen (secondary N) is 1. The number of likely N-dealkylation sites (N-methyl/N-ethyl adjacent to an activating group) is 2. The Kier molecular flexibility index (Phi) is 22.8. The van der Waals surface area contributed by atoms with Gasteiger partial charge in [-0.15, -0.1) is 0 Å². The Balaban J connectivity index is 0.000000348. The molecule has 0 saturated carbocycles. The summed E-state index contributed by atoms with van der Waals surface area (Å²) >= 11 is 12.5. The smallest absolute Gasteiger partial charge is 0.303 e. The third kappa shape index (κ3) is 18.4. The number of nitrogens with two attached hydrogens (primary N) is 3. The molecule has 11 nitrogen and oxygen atoms in total. The fraction of sp³-hybridized carbons (Fsp3) is 0.417. The van der Waals surface area contributed by atoms with Crippen LogP contribution in [0.15, 0.2) is 97.1 Å². The zero-order valence-electron chi connectivity index (χ0n) is 36.9. The number of carboxylic acid groups (broad SMARTS) is 1. The fourth-order valence-corrected chi connectivity index (χ4v) is 7.24. The number of aliphatic carboxylic acids is 1. The van der Waals surface area contributed by atoms with Gasteiger partial charge in [-0.3, -0.25) is 19.2 Å². The van der Waals surface area contributed by atoms with E-state index in [0.717, 1.165) is 23.1 Å². The predicted octanol–water partition coefficient (Wildman–Crippen LogP) is 7.63. The topological polar surface area (TPSA) is 185 Å². The minimum absolute atomic E-state index is 0.0413. The van der Waals surface area contributed by atoms with Gasteiger partial charge in [0.2, 0.25) is 17.7 Å². The van der Waals surface area contributed by atoms with E-state index in [4.69, 9.17) is 45.5 Å². The van der Waals surface area contributed by atoms with E-state index in [9.17, 15) is 19.2 Å². The van der Waals surface area contributed by atoms with Crippen LogP contribution in [0, 0.1) is 11.8 Å². The number of carbonyl (C=O) groups is 4. The van der Waals surface area contributed by atoms with Crippen molar-refractivity contribution >= 4 is 46.9 Å². The molecule has 8 N–H and O–H groups in total. The summed E-state index contributed by atoms with van der Waals surface area (Å²) in [5, 5.41) is 12.9. The highest BCUT2D eigenvalue weighted by molar-refractivity contribution is 6.32. The van der Waals surface area contributed by atoms with Crippen LogP contribution in [-0.4, -0.2) is 92.0 Å². The molecule has 0 unspecified atom stereocenters. The van der Waals surface area contributed by atoms with Crippen LogP contribution in [0.2, 0.25) is 10.0 Å². The molecule has 0 heterocycles. The van der Waals surface area contributed by atoms with Crippen molar-refractivity contribution in [2.24, 2.45) is 29.0 Å². The van der Waals surface area contributed by atoms with Crippen molar-refractivity contribution in [2.75, 3.05) is 41.3 Å². The number of hydrogen-bond donors (Lipinski definition) is 5. The standard InChI is InChI=1S/C24H32ClN3O2.C12H18ClN3O.C12H16O2/c1-16(2)21(17-8-6-5-7-9-17)14-23(29)27-15-20(28(3)4)12-18-10-11-19(24(26)30)13-22(18)25;1-16(2)10(7-14)5-8-3-4-9(12(15)17)6-11(8)13;1-9(2)11(8-12(13)14)10-6-4-3-5-7-10/h5-11,13,16,20-21H,12,14-15H2,1-4H3,(H2,26,30)(H,27,29);3-4,6,10H,5,7,14H2,1-2H3,(H2,15,17);3-7,9,11H,8H2,1-2H3,(H,13,14)/t20-,21+;10-;11-/m001/s1. The second kappa shape index (κ2) is 26.5. The van der Waals surface area contributed by atoms with Gasteiger partial charge in [0.25, 0.3) is 0 Å². The molecule has 4 aromatic rings. The molecular formula is C48H66Cl2N6O5. The Morgan fingerprint density at radius 2 is 1.02 bits per heavy atom. The van der Waals surface area contributed by atoms with E-state index in [2.05, 4.69) is 54.9 Å². The molecule has 332 valence electrons. The minimum Gasteiger partial charge on any atom is -0.481 e. The highest BCUT2D eigenvalue weighted by Crippen LogP contribution is 2.29. The molecule has 4 atom stereocenters. The summed E-state index contributed by atoms with van der Waals surface area (Å²) in [4.78, 5) is 49.8. The predicted molar refractivity (Wildman–Crippen MR) is 249 cm³/mol. The Hall–Kier alpha value is -4.78. The maximum atomic E-state index is 12.7. The number of carbonyl (C=O) groups excluding carboxylic acids is 3.